The Morgan fingerprint density at radius 2 is 1.81 bits per heavy atom. The number of phenolic OH excluding ortho intramolecular Hbond substituents is 1. The third-order valence-corrected chi connectivity index (χ3v) is 3.44. The number of halogens is 1. The van der Waals surface area contributed by atoms with Crippen molar-refractivity contribution in [3.05, 3.63) is 22.7 Å². The van der Waals surface area contributed by atoms with Crippen molar-refractivity contribution in [2.24, 2.45) is 0 Å². The van der Waals surface area contributed by atoms with Gasteiger partial charge in [-0.25, -0.2) is 0 Å². The Morgan fingerprint density at radius 1 is 1.10 bits per heavy atom. The van der Waals surface area contributed by atoms with Gasteiger partial charge >= 0.3 is 0 Å². The fraction of sp³-hybridized carbons (Fsp3) is 0.600. The third-order valence-electron chi connectivity index (χ3n) is 3.15. The van der Waals surface area contributed by atoms with E-state index in [4.69, 9.17) is 25.8 Å². The maximum Gasteiger partial charge on any atom is 0.176 e. The molecule has 0 aliphatic heterocycles. The van der Waals surface area contributed by atoms with Crippen LogP contribution >= 0.6 is 11.6 Å². The van der Waals surface area contributed by atoms with Gasteiger partial charge in [0.05, 0.1) is 18.7 Å². The standard InChI is InChI=1S/C15H24ClNO4/c1-19-7-4-5-17(6-8-20-2)11-12-9-13(16)15(18)14(10-12)21-3/h9-10,18H,4-8,11H2,1-3H3. The summed E-state index contributed by atoms with van der Waals surface area (Å²) in [5.74, 6) is 0.367. The topological polar surface area (TPSA) is 51.2 Å². The molecular weight excluding hydrogens is 294 g/mol. The van der Waals surface area contributed by atoms with Gasteiger partial charge in [-0.1, -0.05) is 11.6 Å². The highest BCUT2D eigenvalue weighted by atomic mass is 35.5. The largest absolute Gasteiger partial charge is 0.503 e. The van der Waals surface area contributed by atoms with Crippen LogP contribution in [0.1, 0.15) is 12.0 Å². The number of hydrogen-bond acceptors (Lipinski definition) is 5. The summed E-state index contributed by atoms with van der Waals surface area (Å²) in [6, 6.07) is 3.56. The number of rotatable bonds is 10. The smallest absolute Gasteiger partial charge is 0.176 e. The molecule has 0 fully saturated rings. The second kappa shape index (κ2) is 9.84. The molecule has 21 heavy (non-hydrogen) atoms. The molecule has 1 aromatic rings. The van der Waals surface area contributed by atoms with Gasteiger partial charge in [0.1, 0.15) is 0 Å². The minimum Gasteiger partial charge on any atom is -0.503 e. The van der Waals surface area contributed by atoms with Crippen LogP contribution in [0.15, 0.2) is 12.1 Å². The monoisotopic (exact) mass is 317 g/mol. The van der Waals surface area contributed by atoms with Crippen LogP contribution in [-0.2, 0) is 16.0 Å². The van der Waals surface area contributed by atoms with Gasteiger partial charge in [0, 0.05) is 40.5 Å². The highest BCUT2D eigenvalue weighted by molar-refractivity contribution is 6.32. The summed E-state index contributed by atoms with van der Waals surface area (Å²) in [5, 5.41) is 10.1. The van der Waals surface area contributed by atoms with E-state index in [0.29, 0.717) is 23.9 Å². The Hall–Kier alpha value is -1.01. The molecule has 0 aromatic heterocycles. The lowest BCUT2D eigenvalue weighted by molar-refractivity contribution is 0.129. The average molecular weight is 318 g/mol. The third kappa shape index (κ3) is 6.09. The van der Waals surface area contributed by atoms with Crippen molar-refractivity contribution in [2.45, 2.75) is 13.0 Å². The zero-order valence-electron chi connectivity index (χ0n) is 12.9. The summed E-state index contributed by atoms with van der Waals surface area (Å²) >= 11 is 6.02. The highest BCUT2D eigenvalue weighted by Gasteiger charge is 2.12. The molecule has 0 saturated carbocycles. The van der Waals surface area contributed by atoms with Gasteiger partial charge in [0.25, 0.3) is 0 Å². The van der Waals surface area contributed by atoms with Crippen LogP contribution < -0.4 is 4.74 Å². The molecule has 0 bridgehead atoms. The maximum absolute atomic E-state index is 9.76. The first-order chi connectivity index (χ1) is 10.1. The molecule has 120 valence electrons. The summed E-state index contributed by atoms with van der Waals surface area (Å²) in [4.78, 5) is 2.25. The van der Waals surface area contributed by atoms with Crippen LogP contribution in [0.4, 0.5) is 0 Å². The Labute approximate surface area is 131 Å². The van der Waals surface area contributed by atoms with Crippen LogP contribution in [0.25, 0.3) is 0 Å². The highest BCUT2D eigenvalue weighted by Crippen LogP contribution is 2.35. The Morgan fingerprint density at radius 3 is 2.43 bits per heavy atom. The molecule has 1 N–H and O–H groups in total. The summed E-state index contributed by atoms with van der Waals surface area (Å²) < 4.78 is 15.4. The fourth-order valence-electron chi connectivity index (χ4n) is 2.06. The molecular formula is C15H24ClNO4. The predicted molar refractivity (Wildman–Crippen MR) is 83.3 cm³/mol. The van der Waals surface area contributed by atoms with Gasteiger partial charge < -0.3 is 19.3 Å². The number of nitrogens with zero attached hydrogens (tertiary/aromatic N) is 1. The van der Waals surface area contributed by atoms with Gasteiger partial charge in [-0.2, -0.15) is 0 Å². The molecule has 0 unspecified atom stereocenters. The normalized spacial score (nSPS) is 11.1. The predicted octanol–water partition coefficient (Wildman–Crippen LogP) is 2.54. The first-order valence-electron chi connectivity index (χ1n) is 6.88. The van der Waals surface area contributed by atoms with E-state index in [0.717, 1.165) is 31.7 Å². The molecule has 0 aliphatic rings. The van der Waals surface area contributed by atoms with Crippen molar-refractivity contribution in [2.75, 3.05) is 47.6 Å². The van der Waals surface area contributed by atoms with E-state index in [1.54, 1.807) is 26.4 Å². The van der Waals surface area contributed by atoms with E-state index in [-0.39, 0.29) is 5.75 Å². The van der Waals surface area contributed by atoms with Crippen molar-refractivity contribution < 1.29 is 19.3 Å². The van der Waals surface area contributed by atoms with E-state index in [2.05, 4.69) is 4.90 Å². The van der Waals surface area contributed by atoms with Crippen molar-refractivity contribution in [1.82, 2.24) is 4.90 Å². The summed E-state index contributed by atoms with van der Waals surface area (Å²) in [6.07, 6.45) is 0.948. The molecule has 0 amide bonds. The molecule has 5 nitrogen and oxygen atoms in total. The molecule has 0 radical (unpaired) electrons. The minimum absolute atomic E-state index is 0.0225. The molecule has 0 atom stereocenters. The first-order valence-corrected chi connectivity index (χ1v) is 7.25. The number of benzene rings is 1. The SMILES string of the molecule is COCCCN(CCOC)Cc1cc(Cl)c(O)c(OC)c1. The van der Waals surface area contributed by atoms with E-state index in [1.165, 1.54) is 7.11 Å². The van der Waals surface area contributed by atoms with Crippen LogP contribution in [-0.4, -0.2) is 57.6 Å². The molecule has 0 saturated heterocycles. The maximum atomic E-state index is 9.76. The van der Waals surface area contributed by atoms with Crippen molar-refractivity contribution in [3.8, 4) is 11.5 Å². The van der Waals surface area contributed by atoms with Crippen LogP contribution in [0.3, 0.4) is 0 Å². The fourth-order valence-corrected chi connectivity index (χ4v) is 2.29. The van der Waals surface area contributed by atoms with E-state index in [1.807, 2.05) is 0 Å². The summed E-state index contributed by atoms with van der Waals surface area (Å²) in [5.41, 5.74) is 0.989. The molecule has 1 rings (SSSR count). The van der Waals surface area contributed by atoms with Gasteiger partial charge in [0.2, 0.25) is 0 Å². The van der Waals surface area contributed by atoms with Crippen molar-refractivity contribution in [1.29, 1.82) is 0 Å². The van der Waals surface area contributed by atoms with Crippen LogP contribution in [0.2, 0.25) is 5.02 Å². The Kier molecular flexibility index (Phi) is 8.45. The summed E-state index contributed by atoms with van der Waals surface area (Å²) in [7, 11) is 4.90. The molecule has 0 aliphatic carbocycles. The summed E-state index contributed by atoms with van der Waals surface area (Å²) in [6.45, 7) is 3.82. The number of hydrogen-bond donors (Lipinski definition) is 1. The van der Waals surface area contributed by atoms with Gasteiger partial charge in [-0.05, 0) is 24.1 Å². The van der Waals surface area contributed by atoms with Crippen LogP contribution in [0, 0.1) is 0 Å². The average Bonchev–Trinajstić information content (AvgIpc) is 2.48. The molecule has 1 aromatic carbocycles. The quantitative estimate of drug-likeness (QED) is 0.672. The van der Waals surface area contributed by atoms with Gasteiger partial charge in [-0.3, -0.25) is 4.90 Å². The van der Waals surface area contributed by atoms with E-state index < -0.39 is 0 Å². The molecule has 0 spiro atoms. The lowest BCUT2D eigenvalue weighted by atomic mass is 10.2. The van der Waals surface area contributed by atoms with Crippen LogP contribution in [0.5, 0.6) is 11.5 Å². The first kappa shape index (κ1) is 18.0. The number of phenols is 1. The van der Waals surface area contributed by atoms with Crippen molar-refractivity contribution >= 4 is 11.6 Å². The van der Waals surface area contributed by atoms with Gasteiger partial charge in [0.15, 0.2) is 11.5 Å². The lowest BCUT2D eigenvalue weighted by Gasteiger charge is -2.22. The second-order valence-electron chi connectivity index (χ2n) is 4.74. The van der Waals surface area contributed by atoms with Crippen molar-refractivity contribution in [3.63, 3.8) is 0 Å². The van der Waals surface area contributed by atoms with E-state index in [9.17, 15) is 5.11 Å². The number of aromatic hydroxyl groups is 1. The van der Waals surface area contributed by atoms with E-state index >= 15 is 0 Å². The second-order valence-corrected chi connectivity index (χ2v) is 5.15. The minimum atomic E-state index is -0.0225. The lowest BCUT2D eigenvalue weighted by Crippen LogP contribution is -2.28. The van der Waals surface area contributed by atoms with Gasteiger partial charge in [-0.15, -0.1) is 0 Å². The Bertz CT molecular complexity index is 428. The zero-order chi connectivity index (χ0) is 15.7. The molecule has 6 heteroatoms. The number of ether oxygens (including phenoxy) is 3. The Balaban J connectivity index is 2.74. The molecule has 0 heterocycles. The number of methoxy groups -OCH3 is 3. The zero-order valence-corrected chi connectivity index (χ0v) is 13.7.